The lowest BCUT2D eigenvalue weighted by Crippen LogP contribution is -2.44. The lowest BCUT2D eigenvalue weighted by atomic mass is 10.0. The number of rotatable bonds is 7. The number of aromatic nitrogens is 2. The highest BCUT2D eigenvalue weighted by atomic mass is 16.5. The van der Waals surface area contributed by atoms with E-state index in [0.717, 1.165) is 43.9 Å². The summed E-state index contributed by atoms with van der Waals surface area (Å²) in [6, 6.07) is 11.6. The molecule has 1 aromatic carbocycles. The zero-order valence-corrected chi connectivity index (χ0v) is 14.7. The Morgan fingerprint density at radius 1 is 1.32 bits per heavy atom. The van der Waals surface area contributed by atoms with Crippen LogP contribution >= 0.6 is 0 Å². The van der Waals surface area contributed by atoms with Crippen LogP contribution in [0, 0.1) is 0 Å². The van der Waals surface area contributed by atoms with Crippen LogP contribution in [0.15, 0.2) is 36.4 Å². The van der Waals surface area contributed by atoms with E-state index >= 15 is 0 Å². The molecule has 1 aromatic heterocycles. The van der Waals surface area contributed by atoms with Crippen molar-refractivity contribution in [3.63, 3.8) is 0 Å². The molecule has 1 saturated heterocycles. The van der Waals surface area contributed by atoms with E-state index in [4.69, 9.17) is 4.74 Å². The Bertz CT molecular complexity index is 663. The summed E-state index contributed by atoms with van der Waals surface area (Å²) in [6.45, 7) is 5.81. The van der Waals surface area contributed by atoms with Crippen molar-refractivity contribution in [2.24, 2.45) is 0 Å². The number of aromatic amines is 1. The largest absolute Gasteiger partial charge is 0.487 e. The van der Waals surface area contributed by atoms with E-state index in [1.165, 1.54) is 6.42 Å². The summed E-state index contributed by atoms with van der Waals surface area (Å²) in [6.07, 6.45) is 3.18. The quantitative estimate of drug-likeness (QED) is 0.811. The fraction of sp³-hybridized carbons (Fsp3) is 0.474. The minimum atomic E-state index is -0.115. The predicted molar refractivity (Wildman–Crippen MR) is 96.6 cm³/mol. The van der Waals surface area contributed by atoms with E-state index in [-0.39, 0.29) is 11.9 Å². The number of para-hydroxylation sites is 1. The summed E-state index contributed by atoms with van der Waals surface area (Å²) in [7, 11) is 0. The van der Waals surface area contributed by atoms with Crippen molar-refractivity contribution in [2.45, 2.75) is 38.8 Å². The van der Waals surface area contributed by atoms with E-state index < -0.39 is 0 Å². The van der Waals surface area contributed by atoms with E-state index in [1.807, 2.05) is 30.3 Å². The number of nitrogens with zero attached hydrogens (tertiary/aromatic N) is 2. The summed E-state index contributed by atoms with van der Waals surface area (Å²) in [5, 5.41) is 10.1. The Morgan fingerprint density at radius 3 is 2.80 bits per heavy atom. The zero-order chi connectivity index (χ0) is 17.5. The standard InChI is InChI=1S/C19H26N4O2/c1-2-10-23-11-8-15(9-12-23)20-19(24)18-13-16(21-22-18)14-25-17-6-4-3-5-7-17/h3-7,13,15H,2,8-12,14H2,1H3,(H,20,24)(H,21,22). The first-order chi connectivity index (χ1) is 12.2. The van der Waals surface area contributed by atoms with Gasteiger partial charge in [0.15, 0.2) is 0 Å². The molecule has 25 heavy (non-hydrogen) atoms. The minimum Gasteiger partial charge on any atom is -0.487 e. The molecule has 1 aliphatic heterocycles. The lowest BCUT2D eigenvalue weighted by Gasteiger charge is -2.31. The first-order valence-corrected chi connectivity index (χ1v) is 9.00. The number of carbonyl (C=O) groups is 1. The van der Waals surface area contributed by atoms with Crippen molar-refractivity contribution in [1.82, 2.24) is 20.4 Å². The van der Waals surface area contributed by atoms with Gasteiger partial charge in [-0.3, -0.25) is 9.89 Å². The SMILES string of the molecule is CCCN1CCC(NC(=O)c2cc(COc3ccccc3)[nH]n2)CC1. The first-order valence-electron chi connectivity index (χ1n) is 9.00. The van der Waals surface area contributed by atoms with Gasteiger partial charge in [0.05, 0.1) is 5.69 Å². The molecular weight excluding hydrogens is 316 g/mol. The average molecular weight is 342 g/mol. The van der Waals surface area contributed by atoms with Gasteiger partial charge in [-0.25, -0.2) is 0 Å². The molecule has 0 unspecified atom stereocenters. The van der Waals surface area contributed by atoms with Crippen LogP contribution in [0.4, 0.5) is 0 Å². The number of carbonyl (C=O) groups excluding carboxylic acids is 1. The molecule has 2 heterocycles. The number of ether oxygens (including phenoxy) is 1. The van der Waals surface area contributed by atoms with Crippen LogP contribution in [0.5, 0.6) is 5.75 Å². The molecule has 1 aliphatic rings. The lowest BCUT2D eigenvalue weighted by molar-refractivity contribution is 0.0906. The summed E-state index contributed by atoms with van der Waals surface area (Å²) in [4.78, 5) is 14.8. The van der Waals surface area contributed by atoms with Gasteiger partial charge in [0.25, 0.3) is 5.91 Å². The molecule has 1 fully saturated rings. The summed E-state index contributed by atoms with van der Waals surface area (Å²) < 4.78 is 5.66. The molecule has 134 valence electrons. The highest BCUT2D eigenvalue weighted by Gasteiger charge is 2.21. The number of benzene rings is 1. The number of H-pyrrole nitrogens is 1. The Balaban J connectivity index is 1.46. The third kappa shape index (κ3) is 5.06. The van der Waals surface area contributed by atoms with Crippen LogP contribution in [-0.2, 0) is 6.61 Å². The molecule has 2 aromatic rings. The van der Waals surface area contributed by atoms with Crippen molar-refractivity contribution in [3.8, 4) is 5.75 Å². The third-order valence-corrected chi connectivity index (χ3v) is 4.46. The molecule has 0 bridgehead atoms. The van der Waals surface area contributed by atoms with Gasteiger partial charge >= 0.3 is 0 Å². The van der Waals surface area contributed by atoms with E-state index in [2.05, 4.69) is 27.3 Å². The van der Waals surface area contributed by atoms with Crippen LogP contribution in [-0.4, -0.2) is 46.7 Å². The monoisotopic (exact) mass is 342 g/mol. The second kappa shape index (κ2) is 8.67. The Morgan fingerprint density at radius 2 is 2.08 bits per heavy atom. The molecular formula is C19H26N4O2. The Hall–Kier alpha value is -2.34. The Labute approximate surface area is 148 Å². The van der Waals surface area contributed by atoms with Crippen LogP contribution in [0.3, 0.4) is 0 Å². The second-order valence-corrected chi connectivity index (χ2v) is 6.47. The van der Waals surface area contributed by atoms with Gasteiger partial charge < -0.3 is 15.0 Å². The number of hydrogen-bond donors (Lipinski definition) is 2. The molecule has 0 aliphatic carbocycles. The van der Waals surface area contributed by atoms with E-state index in [1.54, 1.807) is 6.07 Å². The van der Waals surface area contributed by atoms with Gasteiger partial charge in [-0.2, -0.15) is 5.10 Å². The fourth-order valence-corrected chi connectivity index (χ4v) is 3.11. The fourth-order valence-electron chi connectivity index (χ4n) is 3.11. The van der Waals surface area contributed by atoms with Gasteiger partial charge in [-0.1, -0.05) is 25.1 Å². The van der Waals surface area contributed by atoms with Crippen LogP contribution in [0.2, 0.25) is 0 Å². The van der Waals surface area contributed by atoms with Crippen molar-refractivity contribution in [3.05, 3.63) is 47.8 Å². The smallest absolute Gasteiger partial charge is 0.271 e. The molecule has 0 saturated carbocycles. The van der Waals surface area contributed by atoms with Gasteiger partial charge in [-0.05, 0) is 44.0 Å². The second-order valence-electron chi connectivity index (χ2n) is 6.47. The molecule has 2 N–H and O–H groups in total. The summed E-state index contributed by atoms with van der Waals surface area (Å²) in [5.74, 6) is 0.679. The normalized spacial score (nSPS) is 15.9. The summed E-state index contributed by atoms with van der Waals surface area (Å²) in [5.41, 5.74) is 1.20. The molecule has 6 heteroatoms. The molecule has 0 radical (unpaired) electrons. The number of hydrogen-bond acceptors (Lipinski definition) is 4. The predicted octanol–water partition coefficient (Wildman–Crippen LogP) is 2.59. The van der Waals surface area contributed by atoms with E-state index in [9.17, 15) is 4.79 Å². The Kier molecular flexibility index (Phi) is 6.06. The van der Waals surface area contributed by atoms with Gasteiger partial charge in [-0.15, -0.1) is 0 Å². The van der Waals surface area contributed by atoms with Crippen LogP contribution in [0.25, 0.3) is 0 Å². The number of piperidine rings is 1. The molecule has 0 atom stereocenters. The maximum Gasteiger partial charge on any atom is 0.271 e. The van der Waals surface area contributed by atoms with Crippen molar-refractivity contribution in [2.75, 3.05) is 19.6 Å². The van der Waals surface area contributed by atoms with Crippen molar-refractivity contribution < 1.29 is 9.53 Å². The highest BCUT2D eigenvalue weighted by molar-refractivity contribution is 5.92. The molecule has 6 nitrogen and oxygen atoms in total. The molecule has 3 rings (SSSR count). The topological polar surface area (TPSA) is 70.2 Å². The number of nitrogens with one attached hydrogen (secondary N) is 2. The third-order valence-electron chi connectivity index (χ3n) is 4.46. The average Bonchev–Trinajstić information content (AvgIpc) is 3.12. The maximum atomic E-state index is 12.4. The van der Waals surface area contributed by atoms with Gasteiger partial charge in [0.1, 0.15) is 18.1 Å². The first kappa shape index (κ1) is 17.5. The van der Waals surface area contributed by atoms with E-state index in [0.29, 0.717) is 12.3 Å². The van der Waals surface area contributed by atoms with Crippen LogP contribution < -0.4 is 10.1 Å². The highest BCUT2D eigenvalue weighted by Crippen LogP contribution is 2.13. The summed E-state index contributed by atoms with van der Waals surface area (Å²) >= 11 is 0. The van der Waals surface area contributed by atoms with Gasteiger partial charge in [0, 0.05) is 19.1 Å². The van der Waals surface area contributed by atoms with Crippen molar-refractivity contribution >= 4 is 5.91 Å². The van der Waals surface area contributed by atoms with Crippen molar-refractivity contribution in [1.29, 1.82) is 0 Å². The minimum absolute atomic E-state index is 0.115. The number of likely N-dealkylation sites (tertiary alicyclic amines) is 1. The van der Waals surface area contributed by atoms with Gasteiger partial charge in [0.2, 0.25) is 0 Å². The number of amides is 1. The molecule has 0 spiro atoms. The zero-order valence-electron chi connectivity index (χ0n) is 14.7. The molecule has 1 amide bonds. The van der Waals surface area contributed by atoms with Crippen LogP contribution in [0.1, 0.15) is 42.4 Å². The maximum absolute atomic E-state index is 12.4.